The molecule has 0 spiro atoms. The van der Waals surface area contributed by atoms with Crippen LogP contribution in [0.1, 0.15) is 12.5 Å². The second kappa shape index (κ2) is 8.62. The Morgan fingerprint density at radius 2 is 1.97 bits per heavy atom. The standard InChI is InChI=1S/C24H20ClN3O3/c1-15(29)27-12-16-9-18(25)11-19(10-16)28-8-7-22(31-2)23(24(28)30)21-14-26-13-17-5-3-4-6-20(17)21/h3-11,13-14H,12H2,1-2H3,(H,27,29). The van der Waals surface area contributed by atoms with Crippen molar-refractivity contribution in [2.24, 2.45) is 0 Å². The van der Waals surface area contributed by atoms with Gasteiger partial charge in [-0.25, -0.2) is 0 Å². The molecule has 31 heavy (non-hydrogen) atoms. The van der Waals surface area contributed by atoms with Crippen LogP contribution >= 0.6 is 11.6 Å². The van der Waals surface area contributed by atoms with Crippen LogP contribution in [0.3, 0.4) is 0 Å². The number of ether oxygens (including phenoxy) is 1. The second-order valence-corrected chi connectivity index (χ2v) is 7.51. The van der Waals surface area contributed by atoms with Gasteiger partial charge in [-0.2, -0.15) is 0 Å². The first-order valence-electron chi connectivity index (χ1n) is 9.65. The quantitative estimate of drug-likeness (QED) is 0.507. The molecule has 0 atom stereocenters. The largest absolute Gasteiger partial charge is 0.496 e. The number of carbonyl (C=O) groups excluding carboxylic acids is 1. The van der Waals surface area contributed by atoms with Gasteiger partial charge >= 0.3 is 0 Å². The van der Waals surface area contributed by atoms with E-state index in [0.717, 1.165) is 16.3 Å². The van der Waals surface area contributed by atoms with Crippen LogP contribution in [0.5, 0.6) is 5.75 Å². The molecule has 0 saturated carbocycles. The number of amides is 1. The molecule has 7 heteroatoms. The molecule has 1 amide bonds. The molecule has 0 saturated heterocycles. The minimum Gasteiger partial charge on any atom is -0.496 e. The molecule has 1 N–H and O–H groups in total. The van der Waals surface area contributed by atoms with Crippen molar-refractivity contribution < 1.29 is 9.53 Å². The van der Waals surface area contributed by atoms with Gasteiger partial charge < -0.3 is 10.1 Å². The van der Waals surface area contributed by atoms with E-state index in [4.69, 9.17) is 16.3 Å². The average molecular weight is 434 g/mol. The zero-order valence-corrected chi connectivity index (χ0v) is 17.8. The summed E-state index contributed by atoms with van der Waals surface area (Å²) in [6.45, 7) is 1.76. The third-order valence-corrected chi connectivity index (χ3v) is 5.19. The Kier molecular flexibility index (Phi) is 5.73. The van der Waals surface area contributed by atoms with Crippen molar-refractivity contribution >= 4 is 28.3 Å². The van der Waals surface area contributed by atoms with E-state index in [2.05, 4.69) is 10.3 Å². The highest BCUT2D eigenvalue weighted by Crippen LogP contribution is 2.32. The Balaban J connectivity index is 1.91. The molecule has 0 fully saturated rings. The van der Waals surface area contributed by atoms with Crippen LogP contribution in [0.25, 0.3) is 27.6 Å². The summed E-state index contributed by atoms with van der Waals surface area (Å²) in [5, 5.41) is 5.04. The number of nitrogens with zero attached hydrogens (tertiary/aromatic N) is 2. The topological polar surface area (TPSA) is 73.2 Å². The maximum Gasteiger partial charge on any atom is 0.266 e. The number of carbonyl (C=O) groups is 1. The molecule has 0 radical (unpaired) electrons. The van der Waals surface area contributed by atoms with Crippen molar-refractivity contribution in [3.05, 3.63) is 88.1 Å². The number of methoxy groups -OCH3 is 1. The highest BCUT2D eigenvalue weighted by atomic mass is 35.5. The molecular formula is C24H20ClN3O3. The van der Waals surface area contributed by atoms with Gasteiger partial charge in [0.05, 0.1) is 18.4 Å². The van der Waals surface area contributed by atoms with Gasteiger partial charge in [0.2, 0.25) is 5.91 Å². The molecule has 4 rings (SSSR count). The summed E-state index contributed by atoms with van der Waals surface area (Å²) < 4.78 is 7.03. The van der Waals surface area contributed by atoms with Gasteiger partial charge in [0.15, 0.2) is 0 Å². The van der Waals surface area contributed by atoms with Gasteiger partial charge in [-0.15, -0.1) is 0 Å². The monoisotopic (exact) mass is 433 g/mol. The lowest BCUT2D eigenvalue weighted by Gasteiger charge is -2.15. The molecule has 0 bridgehead atoms. The third kappa shape index (κ3) is 4.15. The zero-order valence-electron chi connectivity index (χ0n) is 17.1. The molecule has 0 aliphatic rings. The highest BCUT2D eigenvalue weighted by Gasteiger charge is 2.17. The van der Waals surface area contributed by atoms with Gasteiger partial charge in [-0.05, 0) is 35.2 Å². The third-order valence-electron chi connectivity index (χ3n) is 4.97. The first kappa shape index (κ1) is 20.6. The van der Waals surface area contributed by atoms with E-state index in [9.17, 15) is 9.59 Å². The fourth-order valence-electron chi connectivity index (χ4n) is 3.56. The van der Waals surface area contributed by atoms with E-state index < -0.39 is 0 Å². The predicted octanol–water partition coefficient (Wildman–Crippen LogP) is 4.35. The fourth-order valence-corrected chi connectivity index (χ4v) is 3.81. The van der Waals surface area contributed by atoms with E-state index in [0.29, 0.717) is 34.1 Å². The number of halogens is 1. The number of hydrogen-bond donors (Lipinski definition) is 1. The van der Waals surface area contributed by atoms with Gasteiger partial charge in [-0.1, -0.05) is 35.9 Å². The van der Waals surface area contributed by atoms with Crippen LogP contribution in [0, 0.1) is 0 Å². The van der Waals surface area contributed by atoms with Crippen molar-refractivity contribution in [2.75, 3.05) is 7.11 Å². The minimum atomic E-state index is -0.259. The molecule has 2 heterocycles. The van der Waals surface area contributed by atoms with Gasteiger partial charge in [0, 0.05) is 48.0 Å². The normalized spacial score (nSPS) is 10.8. The number of hydrogen-bond acceptors (Lipinski definition) is 4. The molecular weight excluding hydrogens is 414 g/mol. The smallest absolute Gasteiger partial charge is 0.266 e. The maximum atomic E-state index is 13.6. The molecule has 0 unspecified atom stereocenters. The summed E-state index contributed by atoms with van der Waals surface area (Å²) in [5.74, 6) is 0.314. The summed E-state index contributed by atoms with van der Waals surface area (Å²) >= 11 is 6.30. The number of pyridine rings is 2. The SMILES string of the molecule is COc1ccn(-c2cc(Cl)cc(CNC(C)=O)c2)c(=O)c1-c1cncc2ccccc12. The summed E-state index contributed by atoms with van der Waals surface area (Å²) in [6.07, 6.45) is 5.08. The first-order valence-corrected chi connectivity index (χ1v) is 10.0. The van der Waals surface area contributed by atoms with Crippen molar-refractivity contribution in [2.45, 2.75) is 13.5 Å². The Labute approximate surface area is 184 Å². The first-order chi connectivity index (χ1) is 15.0. The molecule has 6 nitrogen and oxygen atoms in total. The van der Waals surface area contributed by atoms with E-state index in [1.165, 1.54) is 18.6 Å². The molecule has 0 aliphatic heterocycles. The second-order valence-electron chi connectivity index (χ2n) is 7.07. The highest BCUT2D eigenvalue weighted by molar-refractivity contribution is 6.30. The van der Waals surface area contributed by atoms with E-state index in [1.807, 2.05) is 30.3 Å². The summed E-state index contributed by atoms with van der Waals surface area (Å²) in [6, 6.07) is 14.8. The summed E-state index contributed by atoms with van der Waals surface area (Å²) in [5.41, 5.74) is 2.22. The average Bonchev–Trinajstić information content (AvgIpc) is 2.76. The van der Waals surface area contributed by atoms with Crippen molar-refractivity contribution in [3.63, 3.8) is 0 Å². The maximum absolute atomic E-state index is 13.6. The van der Waals surface area contributed by atoms with Gasteiger partial charge in [0.25, 0.3) is 5.56 Å². The Morgan fingerprint density at radius 1 is 1.16 bits per heavy atom. The number of fused-ring (bicyclic) bond motifs is 1. The Hall–Kier alpha value is -3.64. The minimum absolute atomic E-state index is 0.145. The van der Waals surface area contributed by atoms with Gasteiger partial charge in [0.1, 0.15) is 5.75 Å². The predicted molar refractivity (Wildman–Crippen MR) is 122 cm³/mol. The Bertz CT molecular complexity index is 1340. The van der Waals surface area contributed by atoms with Gasteiger partial charge in [-0.3, -0.25) is 19.1 Å². The molecule has 4 aromatic rings. The lowest BCUT2D eigenvalue weighted by atomic mass is 10.0. The van der Waals surface area contributed by atoms with Crippen LogP contribution in [0.15, 0.2) is 71.9 Å². The summed E-state index contributed by atoms with van der Waals surface area (Å²) in [7, 11) is 1.53. The fraction of sp³-hybridized carbons (Fsp3) is 0.125. The van der Waals surface area contributed by atoms with Crippen LogP contribution in [0.2, 0.25) is 5.02 Å². The van der Waals surface area contributed by atoms with Crippen molar-refractivity contribution in [1.82, 2.24) is 14.9 Å². The number of rotatable bonds is 5. The number of aromatic nitrogens is 2. The number of benzene rings is 2. The van der Waals surface area contributed by atoms with Crippen molar-refractivity contribution in [1.29, 1.82) is 0 Å². The molecule has 0 aliphatic carbocycles. The van der Waals surface area contributed by atoms with Crippen molar-refractivity contribution in [3.8, 4) is 22.6 Å². The summed E-state index contributed by atoms with van der Waals surface area (Å²) in [4.78, 5) is 29.2. The Morgan fingerprint density at radius 3 is 2.74 bits per heavy atom. The lowest BCUT2D eigenvalue weighted by Crippen LogP contribution is -2.22. The van der Waals surface area contributed by atoms with Crippen LogP contribution in [-0.4, -0.2) is 22.6 Å². The van der Waals surface area contributed by atoms with E-state index in [1.54, 1.807) is 36.8 Å². The van der Waals surface area contributed by atoms with Crippen LogP contribution in [-0.2, 0) is 11.3 Å². The lowest BCUT2D eigenvalue weighted by molar-refractivity contribution is -0.119. The van der Waals surface area contributed by atoms with Crippen LogP contribution in [0.4, 0.5) is 0 Å². The zero-order chi connectivity index (χ0) is 22.0. The molecule has 2 aromatic heterocycles. The molecule has 2 aromatic carbocycles. The van der Waals surface area contributed by atoms with Crippen LogP contribution < -0.4 is 15.6 Å². The van der Waals surface area contributed by atoms with E-state index >= 15 is 0 Å². The number of nitrogens with one attached hydrogen (secondary N) is 1. The molecule has 156 valence electrons. The van der Waals surface area contributed by atoms with E-state index in [-0.39, 0.29) is 11.5 Å².